The van der Waals surface area contributed by atoms with Gasteiger partial charge >= 0.3 is 0 Å². The summed E-state index contributed by atoms with van der Waals surface area (Å²) in [6, 6.07) is 5.65. The molecule has 0 aliphatic heterocycles. The highest BCUT2D eigenvalue weighted by molar-refractivity contribution is 9.10. The Morgan fingerprint density at radius 3 is 2.53 bits per heavy atom. The van der Waals surface area contributed by atoms with Crippen LogP contribution in [0.1, 0.15) is 31.1 Å². The van der Waals surface area contributed by atoms with E-state index in [-0.39, 0.29) is 5.41 Å². The zero-order chi connectivity index (χ0) is 14.6. The van der Waals surface area contributed by atoms with E-state index in [1.165, 1.54) is 0 Å². The van der Waals surface area contributed by atoms with Gasteiger partial charge in [0, 0.05) is 17.6 Å². The van der Waals surface area contributed by atoms with Gasteiger partial charge in [0.15, 0.2) is 0 Å². The van der Waals surface area contributed by atoms with Gasteiger partial charge < -0.3 is 16.4 Å². The number of rotatable bonds is 6. The number of hydrogen-bond donors (Lipinski definition) is 2. The lowest BCUT2D eigenvalue weighted by Crippen LogP contribution is -2.39. The number of benzene rings is 1. The molecule has 106 valence electrons. The normalized spacial score (nSPS) is 11.4. The van der Waals surface area contributed by atoms with Gasteiger partial charge in [-0.25, -0.2) is 0 Å². The zero-order valence-corrected chi connectivity index (χ0v) is 13.3. The Labute approximate surface area is 123 Å². The number of nitrogens with zero attached hydrogens (tertiary/aromatic N) is 1. The second-order valence-corrected chi connectivity index (χ2v) is 6.24. The molecule has 0 spiro atoms. The fraction of sp³-hybridized carbons (Fsp3) is 0.500. The highest BCUT2D eigenvalue weighted by atomic mass is 79.9. The molecular formula is C14H22BrN3O. The van der Waals surface area contributed by atoms with Gasteiger partial charge in [-0.05, 0) is 46.9 Å². The predicted octanol–water partition coefficient (Wildman–Crippen LogP) is 2.36. The highest BCUT2D eigenvalue weighted by Crippen LogP contribution is 2.29. The lowest BCUT2D eigenvalue weighted by molar-refractivity contribution is 0.1000. The lowest BCUT2D eigenvalue weighted by atomic mass is 9.92. The van der Waals surface area contributed by atoms with Crippen LogP contribution in [0.2, 0.25) is 0 Å². The molecule has 0 fully saturated rings. The summed E-state index contributed by atoms with van der Waals surface area (Å²) in [5, 5.41) is 0. The van der Waals surface area contributed by atoms with Crippen molar-refractivity contribution in [2.75, 3.05) is 24.5 Å². The first-order valence-electron chi connectivity index (χ1n) is 6.35. The van der Waals surface area contributed by atoms with E-state index in [9.17, 15) is 4.79 Å². The summed E-state index contributed by atoms with van der Waals surface area (Å²) >= 11 is 3.39. The molecule has 0 aliphatic rings. The minimum Gasteiger partial charge on any atom is -0.371 e. The van der Waals surface area contributed by atoms with Crippen LogP contribution in [0.3, 0.4) is 0 Å². The largest absolute Gasteiger partial charge is 0.371 e. The monoisotopic (exact) mass is 327 g/mol. The molecule has 1 aromatic rings. The van der Waals surface area contributed by atoms with Crippen molar-refractivity contribution in [3.8, 4) is 0 Å². The van der Waals surface area contributed by atoms with Crippen LogP contribution in [-0.4, -0.2) is 25.5 Å². The van der Waals surface area contributed by atoms with Crippen molar-refractivity contribution in [3.63, 3.8) is 0 Å². The zero-order valence-electron chi connectivity index (χ0n) is 11.7. The van der Waals surface area contributed by atoms with Gasteiger partial charge in [0.05, 0.1) is 11.3 Å². The summed E-state index contributed by atoms with van der Waals surface area (Å²) in [7, 11) is 0. The number of hydrogen-bond acceptors (Lipinski definition) is 3. The van der Waals surface area contributed by atoms with Gasteiger partial charge in [0.25, 0.3) is 5.91 Å². The smallest absolute Gasteiger partial charge is 0.251 e. The van der Waals surface area contributed by atoms with Crippen molar-refractivity contribution in [2.45, 2.75) is 20.8 Å². The van der Waals surface area contributed by atoms with E-state index in [1.807, 2.05) is 18.2 Å². The first-order valence-corrected chi connectivity index (χ1v) is 7.15. The summed E-state index contributed by atoms with van der Waals surface area (Å²) in [5.74, 6) is -0.425. The van der Waals surface area contributed by atoms with Crippen LogP contribution in [0, 0.1) is 5.41 Å². The molecule has 5 heteroatoms. The Bertz CT molecular complexity index is 460. The van der Waals surface area contributed by atoms with Gasteiger partial charge in [0.1, 0.15) is 0 Å². The summed E-state index contributed by atoms with van der Waals surface area (Å²) in [6.07, 6.45) is 0. The Hall–Kier alpha value is -1.07. The number of amides is 1. The molecule has 19 heavy (non-hydrogen) atoms. The van der Waals surface area contributed by atoms with Gasteiger partial charge in [-0.3, -0.25) is 4.79 Å². The van der Waals surface area contributed by atoms with E-state index >= 15 is 0 Å². The van der Waals surface area contributed by atoms with Gasteiger partial charge in [-0.2, -0.15) is 0 Å². The first-order chi connectivity index (χ1) is 8.82. The molecule has 1 aromatic carbocycles. The molecule has 0 heterocycles. The number of primary amides is 1. The second-order valence-electron chi connectivity index (χ2n) is 5.38. The van der Waals surface area contributed by atoms with E-state index in [4.69, 9.17) is 11.5 Å². The van der Waals surface area contributed by atoms with Crippen molar-refractivity contribution in [2.24, 2.45) is 16.9 Å². The molecule has 4 N–H and O–H groups in total. The minimum atomic E-state index is -0.425. The number of halogens is 1. The molecule has 0 atom stereocenters. The number of carbonyl (C=O) groups is 1. The first kappa shape index (κ1) is 16.0. The average molecular weight is 328 g/mol. The SMILES string of the molecule is CCN(CC(C)(C)CN)c1cccc(Br)c1C(N)=O. The second kappa shape index (κ2) is 6.39. The van der Waals surface area contributed by atoms with E-state index in [0.29, 0.717) is 12.1 Å². The van der Waals surface area contributed by atoms with E-state index < -0.39 is 5.91 Å². The van der Waals surface area contributed by atoms with Crippen molar-refractivity contribution in [1.29, 1.82) is 0 Å². The molecule has 0 aromatic heterocycles. The maximum absolute atomic E-state index is 11.6. The van der Waals surface area contributed by atoms with E-state index in [1.54, 1.807) is 0 Å². The maximum Gasteiger partial charge on any atom is 0.251 e. The Morgan fingerprint density at radius 1 is 1.42 bits per heavy atom. The number of anilines is 1. The number of carbonyl (C=O) groups excluding carboxylic acids is 1. The van der Waals surface area contributed by atoms with Crippen LogP contribution in [0.15, 0.2) is 22.7 Å². The van der Waals surface area contributed by atoms with Crippen LogP contribution >= 0.6 is 15.9 Å². The van der Waals surface area contributed by atoms with Crippen LogP contribution < -0.4 is 16.4 Å². The van der Waals surface area contributed by atoms with E-state index in [2.05, 4.69) is 41.6 Å². The fourth-order valence-corrected chi connectivity index (χ4v) is 2.52. The molecule has 0 aliphatic carbocycles. The van der Waals surface area contributed by atoms with Crippen molar-refractivity contribution in [3.05, 3.63) is 28.2 Å². The van der Waals surface area contributed by atoms with Gasteiger partial charge in [-0.1, -0.05) is 19.9 Å². The summed E-state index contributed by atoms with van der Waals surface area (Å²) in [4.78, 5) is 13.8. The summed E-state index contributed by atoms with van der Waals surface area (Å²) in [5.41, 5.74) is 12.6. The van der Waals surface area contributed by atoms with E-state index in [0.717, 1.165) is 23.2 Å². The fourth-order valence-electron chi connectivity index (χ4n) is 1.97. The van der Waals surface area contributed by atoms with Crippen LogP contribution in [0.5, 0.6) is 0 Å². The molecule has 0 bridgehead atoms. The third kappa shape index (κ3) is 3.94. The van der Waals surface area contributed by atoms with Crippen molar-refractivity contribution < 1.29 is 4.79 Å². The molecule has 0 unspecified atom stereocenters. The lowest BCUT2D eigenvalue weighted by Gasteiger charge is -2.33. The van der Waals surface area contributed by atoms with Gasteiger partial charge in [-0.15, -0.1) is 0 Å². The van der Waals surface area contributed by atoms with Gasteiger partial charge in [0.2, 0.25) is 0 Å². The Balaban J connectivity index is 3.19. The quantitative estimate of drug-likeness (QED) is 0.842. The molecule has 1 amide bonds. The summed E-state index contributed by atoms with van der Waals surface area (Å²) in [6.45, 7) is 8.42. The summed E-state index contributed by atoms with van der Waals surface area (Å²) < 4.78 is 0.724. The molecule has 0 saturated heterocycles. The number of nitrogens with two attached hydrogens (primary N) is 2. The standard InChI is InChI=1S/C14H22BrN3O/c1-4-18(9-14(2,3)8-16)11-7-5-6-10(15)12(11)13(17)19/h5-7H,4,8-9,16H2,1-3H3,(H2,17,19). The minimum absolute atomic E-state index is 0.0206. The van der Waals surface area contributed by atoms with Crippen LogP contribution in [-0.2, 0) is 0 Å². The molecular weight excluding hydrogens is 306 g/mol. The third-order valence-corrected chi connectivity index (χ3v) is 3.79. The van der Waals surface area contributed by atoms with Crippen molar-refractivity contribution in [1.82, 2.24) is 0 Å². The molecule has 1 rings (SSSR count). The topological polar surface area (TPSA) is 72.3 Å². The molecule has 0 radical (unpaired) electrons. The molecule has 4 nitrogen and oxygen atoms in total. The Morgan fingerprint density at radius 2 is 2.05 bits per heavy atom. The Kier molecular flexibility index (Phi) is 5.38. The average Bonchev–Trinajstić information content (AvgIpc) is 2.35. The van der Waals surface area contributed by atoms with Crippen molar-refractivity contribution >= 4 is 27.5 Å². The maximum atomic E-state index is 11.6. The van der Waals surface area contributed by atoms with Crippen LogP contribution in [0.4, 0.5) is 5.69 Å². The predicted molar refractivity (Wildman–Crippen MR) is 83.4 cm³/mol. The molecule has 0 saturated carbocycles. The van der Waals surface area contributed by atoms with Crippen LogP contribution in [0.25, 0.3) is 0 Å². The third-order valence-electron chi connectivity index (χ3n) is 3.13. The highest BCUT2D eigenvalue weighted by Gasteiger charge is 2.23.